The van der Waals surface area contributed by atoms with E-state index in [1.54, 1.807) is 6.92 Å². The van der Waals surface area contributed by atoms with Crippen molar-refractivity contribution in [3.8, 4) is 5.75 Å². The Morgan fingerprint density at radius 1 is 1.32 bits per heavy atom. The summed E-state index contributed by atoms with van der Waals surface area (Å²) >= 11 is 6.12. The molecule has 0 N–H and O–H groups in total. The summed E-state index contributed by atoms with van der Waals surface area (Å²) in [4.78, 5) is 41.1. The van der Waals surface area contributed by atoms with Crippen molar-refractivity contribution >= 4 is 23.5 Å². The predicted octanol–water partition coefficient (Wildman–Crippen LogP) is 1.63. The van der Waals surface area contributed by atoms with Crippen LogP contribution in [0.5, 0.6) is 5.75 Å². The lowest BCUT2D eigenvalue weighted by Gasteiger charge is -2.36. The molecule has 10 heteroatoms. The van der Waals surface area contributed by atoms with Crippen LogP contribution in [0.25, 0.3) is 0 Å². The second-order valence-electron chi connectivity index (χ2n) is 6.25. The number of alkyl halides is 1. The highest BCUT2D eigenvalue weighted by molar-refractivity contribution is 6.18. The van der Waals surface area contributed by atoms with Crippen LogP contribution in [-0.4, -0.2) is 53.8 Å². The Kier molecular flexibility index (Phi) is 7.82. The summed E-state index contributed by atoms with van der Waals surface area (Å²) in [7, 11) is 0. The predicted molar refractivity (Wildman–Crippen MR) is 99.8 cm³/mol. The minimum Gasteiger partial charge on any atom is -0.486 e. The van der Waals surface area contributed by atoms with E-state index in [1.807, 2.05) is 6.92 Å². The van der Waals surface area contributed by atoms with Crippen LogP contribution >= 0.6 is 11.6 Å². The van der Waals surface area contributed by atoms with Gasteiger partial charge < -0.3 is 18.9 Å². The molecule has 0 radical (unpaired) electrons. The summed E-state index contributed by atoms with van der Waals surface area (Å²) in [6.07, 6.45) is 1.57. The fourth-order valence-electron chi connectivity index (χ4n) is 2.74. The maximum atomic E-state index is 13.1. The van der Waals surface area contributed by atoms with Gasteiger partial charge in [-0.1, -0.05) is 13.3 Å². The highest BCUT2D eigenvalue weighted by Crippen LogP contribution is 2.31. The fraction of sp³-hybridized carbons (Fsp3) is 0.667. The van der Waals surface area contributed by atoms with Crippen molar-refractivity contribution in [1.29, 1.82) is 0 Å². The molecule has 1 unspecified atom stereocenters. The highest BCUT2D eigenvalue weighted by atomic mass is 35.5. The van der Waals surface area contributed by atoms with Crippen molar-refractivity contribution in [1.82, 2.24) is 9.55 Å². The molecule has 2 heterocycles. The van der Waals surface area contributed by atoms with E-state index in [2.05, 4.69) is 4.98 Å². The van der Waals surface area contributed by atoms with Crippen LogP contribution in [0.3, 0.4) is 0 Å². The third-order valence-corrected chi connectivity index (χ3v) is 4.60. The molecule has 0 amide bonds. The van der Waals surface area contributed by atoms with Gasteiger partial charge >= 0.3 is 11.9 Å². The number of aromatic nitrogens is 2. The molecule has 0 aromatic carbocycles. The van der Waals surface area contributed by atoms with Gasteiger partial charge in [-0.25, -0.2) is 9.78 Å². The highest BCUT2D eigenvalue weighted by Gasteiger charge is 2.43. The van der Waals surface area contributed by atoms with Crippen LogP contribution in [0.15, 0.2) is 4.79 Å². The monoisotopic (exact) mass is 416 g/mol. The van der Waals surface area contributed by atoms with Gasteiger partial charge in [0.2, 0.25) is 5.75 Å². The number of carbonyl (C=O) groups excluding carboxylic acids is 2. The number of rotatable bonds is 9. The number of hydrogen-bond acceptors (Lipinski definition) is 8. The van der Waals surface area contributed by atoms with Gasteiger partial charge in [-0.15, -0.1) is 11.6 Å². The first-order valence-corrected chi connectivity index (χ1v) is 9.72. The summed E-state index contributed by atoms with van der Waals surface area (Å²) in [5.41, 5.74) is -2.12. The van der Waals surface area contributed by atoms with Crippen LogP contribution in [0.4, 0.5) is 0 Å². The third-order valence-electron chi connectivity index (χ3n) is 4.17. The van der Waals surface area contributed by atoms with E-state index in [9.17, 15) is 14.4 Å². The summed E-state index contributed by atoms with van der Waals surface area (Å²) in [5.74, 6) is -1.50. The molecule has 2 rings (SSSR count). The molecule has 9 nitrogen and oxygen atoms in total. The van der Waals surface area contributed by atoms with Crippen molar-refractivity contribution in [3.05, 3.63) is 21.9 Å². The molecule has 0 saturated heterocycles. The van der Waals surface area contributed by atoms with Crippen LogP contribution in [0.2, 0.25) is 0 Å². The molecule has 1 aromatic heterocycles. The van der Waals surface area contributed by atoms with E-state index >= 15 is 0 Å². The van der Waals surface area contributed by atoms with Gasteiger partial charge in [0, 0.05) is 6.92 Å². The molecule has 0 aliphatic carbocycles. The zero-order valence-electron chi connectivity index (χ0n) is 16.3. The van der Waals surface area contributed by atoms with Gasteiger partial charge in [-0.3, -0.25) is 14.2 Å². The van der Waals surface area contributed by atoms with Crippen LogP contribution < -0.4 is 10.3 Å². The number of carbonyl (C=O) groups is 2. The molecule has 1 aromatic rings. The Hall–Kier alpha value is -2.13. The molecular weight excluding hydrogens is 392 g/mol. The average Bonchev–Trinajstić information content (AvgIpc) is 2.68. The van der Waals surface area contributed by atoms with Crippen molar-refractivity contribution < 1.29 is 28.5 Å². The van der Waals surface area contributed by atoms with Gasteiger partial charge in [0.15, 0.2) is 11.3 Å². The van der Waals surface area contributed by atoms with Gasteiger partial charge in [0.25, 0.3) is 5.56 Å². The van der Waals surface area contributed by atoms with E-state index in [4.69, 9.17) is 30.5 Å². The van der Waals surface area contributed by atoms with E-state index in [0.29, 0.717) is 6.42 Å². The van der Waals surface area contributed by atoms with E-state index in [1.165, 1.54) is 11.5 Å². The summed E-state index contributed by atoms with van der Waals surface area (Å²) in [5, 5.41) is 0. The summed E-state index contributed by atoms with van der Waals surface area (Å²) in [6.45, 7) is 5.38. The van der Waals surface area contributed by atoms with Gasteiger partial charge in [-0.2, -0.15) is 0 Å². The molecule has 28 heavy (non-hydrogen) atoms. The Balaban J connectivity index is 2.60. The van der Waals surface area contributed by atoms with Crippen molar-refractivity contribution in [2.24, 2.45) is 0 Å². The van der Waals surface area contributed by atoms with E-state index in [-0.39, 0.29) is 56.1 Å². The standard InChI is InChI=1S/C18H25ClN2O7/c1-4-6-8-26-14-13(16(24)25-5-2)20-17-18(10-19,11-27-12(3)22)28-9-7-21(17)15(14)23/h4-11H2,1-3H3. The first-order valence-electron chi connectivity index (χ1n) is 9.18. The normalized spacial score (nSPS) is 18.3. The summed E-state index contributed by atoms with van der Waals surface area (Å²) in [6, 6.07) is 0. The zero-order valence-corrected chi connectivity index (χ0v) is 17.0. The zero-order chi connectivity index (χ0) is 20.7. The SMILES string of the molecule is CCCCOc1c(C(=O)OCC)nc2n(c1=O)CCOC2(CCl)COC(C)=O. The Morgan fingerprint density at radius 2 is 2.07 bits per heavy atom. The minimum absolute atomic E-state index is 0.103. The third kappa shape index (κ3) is 4.64. The van der Waals surface area contributed by atoms with Crippen LogP contribution in [0.1, 0.15) is 49.9 Å². The Labute approximate surface area is 167 Å². The first-order chi connectivity index (χ1) is 13.4. The van der Waals surface area contributed by atoms with Crippen molar-refractivity contribution in [2.75, 3.05) is 32.3 Å². The lowest BCUT2D eigenvalue weighted by atomic mass is 10.0. The molecular formula is C18H25ClN2O7. The molecule has 1 atom stereocenters. The number of nitrogens with zero attached hydrogens (tertiary/aromatic N) is 2. The van der Waals surface area contributed by atoms with Gasteiger partial charge in [0.05, 0.1) is 32.2 Å². The van der Waals surface area contributed by atoms with Crippen molar-refractivity contribution in [3.63, 3.8) is 0 Å². The Morgan fingerprint density at radius 3 is 2.68 bits per heavy atom. The molecule has 156 valence electrons. The van der Waals surface area contributed by atoms with E-state index < -0.39 is 23.1 Å². The second-order valence-corrected chi connectivity index (χ2v) is 6.52. The molecule has 0 saturated carbocycles. The number of esters is 2. The molecule has 1 aliphatic heterocycles. The van der Waals surface area contributed by atoms with Gasteiger partial charge in [-0.05, 0) is 13.3 Å². The fourth-order valence-corrected chi connectivity index (χ4v) is 3.01. The van der Waals surface area contributed by atoms with Crippen molar-refractivity contribution in [2.45, 2.75) is 45.8 Å². The maximum absolute atomic E-state index is 13.1. The number of unbranched alkanes of at least 4 members (excludes halogenated alkanes) is 1. The smallest absolute Gasteiger partial charge is 0.361 e. The molecule has 0 spiro atoms. The summed E-state index contributed by atoms with van der Waals surface area (Å²) < 4.78 is 22.8. The molecule has 0 bridgehead atoms. The number of fused-ring (bicyclic) bond motifs is 1. The average molecular weight is 417 g/mol. The quantitative estimate of drug-likeness (QED) is 0.339. The number of hydrogen-bond donors (Lipinski definition) is 0. The number of halogens is 1. The topological polar surface area (TPSA) is 106 Å². The van der Waals surface area contributed by atoms with Gasteiger partial charge in [0.1, 0.15) is 12.4 Å². The minimum atomic E-state index is -1.35. The maximum Gasteiger partial charge on any atom is 0.361 e. The van der Waals surface area contributed by atoms with E-state index in [0.717, 1.165) is 6.42 Å². The Bertz CT molecular complexity index is 780. The lowest BCUT2D eigenvalue weighted by Crippen LogP contribution is -2.49. The van der Waals surface area contributed by atoms with Crippen LogP contribution in [-0.2, 0) is 31.2 Å². The lowest BCUT2D eigenvalue weighted by molar-refractivity contribution is -0.157. The second kappa shape index (κ2) is 9.88. The van der Waals surface area contributed by atoms with Crippen LogP contribution in [0, 0.1) is 0 Å². The largest absolute Gasteiger partial charge is 0.486 e. The first kappa shape index (κ1) is 22.2. The number of ether oxygens (including phenoxy) is 4. The molecule has 0 fully saturated rings. The molecule has 1 aliphatic rings.